The number of carbonyl (C=O) groups is 1. The normalized spacial score (nSPS) is 33.6. The van der Waals surface area contributed by atoms with Crippen molar-refractivity contribution in [3.8, 4) is 0 Å². The largest absolute Gasteiger partial charge is 0.465 e. The molecule has 0 spiro atoms. The third-order valence-electron chi connectivity index (χ3n) is 4.87. The summed E-state index contributed by atoms with van der Waals surface area (Å²) in [5, 5.41) is 0. The molecule has 2 bridgehead atoms. The molecule has 1 aromatic carbocycles. The van der Waals surface area contributed by atoms with Crippen molar-refractivity contribution in [3.63, 3.8) is 0 Å². The Balaban J connectivity index is 2.01. The van der Waals surface area contributed by atoms with Gasteiger partial charge in [0.15, 0.2) is 0 Å². The molecule has 1 saturated carbocycles. The van der Waals surface area contributed by atoms with E-state index in [0.29, 0.717) is 18.6 Å². The zero-order valence-electron chi connectivity index (χ0n) is 11.6. The van der Waals surface area contributed by atoms with Crippen LogP contribution < -0.4 is 0 Å². The van der Waals surface area contributed by atoms with Gasteiger partial charge in [-0.1, -0.05) is 30.3 Å². The van der Waals surface area contributed by atoms with Crippen molar-refractivity contribution in [2.45, 2.75) is 31.2 Å². The summed E-state index contributed by atoms with van der Waals surface area (Å²) < 4.78 is 5.41. The maximum absolute atomic E-state index is 12.6. The third kappa shape index (κ3) is 1.79. The van der Waals surface area contributed by atoms with Crippen LogP contribution in [0.15, 0.2) is 30.3 Å². The Labute approximate surface area is 114 Å². The quantitative estimate of drug-likeness (QED) is 0.779. The summed E-state index contributed by atoms with van der Waals surface area (Å²) in [7, 11) is 2.16. The third-order valence-corrected chi connectivity index (χ3v) is 4.87. The number of likely N-dealkylation sites (tertiary alicyclic amines) is 1. The highest BCUT2D eigenvalue weighted by atomic mass is 16.5. The first kappa shape index (κ1) is 12.7. The molecule has 3 heteroatoms. The van der Waals surface area contributed by atoms with Gasteiger partial charge in [0.25, 0.3) is 0 Å². The molecule has 1 aliphatic heterocycles. The van der Waals surface area contributed by atoms with E-state index in [1.807, 2.05) is 25.1 Å². The lowest BCUT2D eigenvalue weighted by molar-refractivity contribution is -0.153. The fraction of sp³-hybridized carbons (Fsp3) is 0.562. The minimum absolute atomic E-state index is 0.0261. The van der Waals surface area contributed by atoms with Crippen molar-refractivity contribution in [1.82, 2.24) is 4.90 Å². The van der Waals surface area contributed by atoms with Crippen molar-refractivity contribution in [1.29, 1.82) is 0 Å². The molecule has 1 aliphatic carbocycles. The molecule has 2 aliphatic rings. The molecular weight excluding hydrogens is 238 g/mol. The van der Waals surface area contributed by atoms with Crippen LogP contribution in [0.1, 0.15) is 25.3 Å². The van der Waals surface area contributed by atoms with Gasteiger partial charge in [-0.3, -0.25) is 4.79 Å². The van der Waals surface area contributed by atoms with Crippen LogP contribution in [0.3, 0.4) is 0 Å². The lowest BCUT2D eigenvalue weighted by Gasteiger charge is -2.38. The molecule has 19 heavy (non-hydrogen) atoms. The number of ether oxygens (including phenoxy) is 1. The standard InChI is InChI=1S/C16H21NO2/c1-3-19-15(18)16(12-7-5-4-6-8-12)10-14-9-13(16)11-17(14)2/h4-8,13-14H,3,9-11H2,1-2H3/t13-,14-,16-/m0/s1. The minimum Gasteiger partial charge on any atom is -0.465 e. The van der Waals surface area contributed by atoms with Crippen LogP contribution in [0, 0.1) is 5.92 Å². The summed E-state index contributed by atoms with van der Waals surface area (Å²) in [5.74, 6) is 0.366. The molecule has 102 valence electrons. The van der Waals surface area contributed by atoms with Crippen molar-refractivity contribution in [2.24, 2.45) is 5.92 Å². The number of fused-ring (bicyclic) bond motifs is 2. The average Bonchev–Trinajstić information content (AvgIpc) is 2.97. The van der Waals surface area contributed by atoms with Crippen LogP contribution in [0.4, 0.5) is 0 Å². The van der Waals surface area contributed by atoms with E-state index in [2.05, 4.69) is 24.1 Å². The number of carbonyl (C=O) groups excluding carboxylic acids is 1. The van der Waals surface area contributed by atoms with E-state index in [1.165, 1.54) is 0 Å². The van der Waals surface area contributed by atoms with E-state index >= 15 is 0 Å². The van der Waals surface area contributed by atoms with Gasteiger partial charge in [-0.15, -0.1) is 0 Å². The Hall–Kier alpha value is -1.35. The fourth-order valence-electron chi connectivity index (χ4n) is 3.93. The van der Waals surface area contributed by atoms with Crippen molar-refractivity contribution in [3.05, 3.63) is 35.9 Å². The zero-order valence-corrected chi connectivity index (χ0v) is 11.6. The second-order valence-electron chi connectivity index (χ2n) is 5.79. The molecule has 0 N–H and O–H groups in total. The van der Waals surface area contributed by atoms with Crippen LogP contribution >= 0.6 is 0 Å². The number of nitrogens with zero attached hydrogens (tertiary/aromatic N) is 1. The number of esters is 1. The lowest BCUT2D eigenvalue weighted by Crippen LogP contribution is -2.48. The predicted octanol–water partition coefficient (Wildman–Crippen LogP) is 2.21. The van der Waals surface area contributed by atoms with Gasteiger partial charge in [0, 0.05) is 12.6 Å². The van der Waals surface area contributed by atoms with Crippen LogP contribution in [0.25, 0.3) is 0 Å². The maximum atomic E-state index is 12.6. The number of benzene rings is 1. The number of hydrogen-bond donors (Lipinski definition) is 0. The minimum atomic E-state index is -0.408. The molecule has 3 rings (SSSR count). The number of piperidine rings is 1. The van der Waals surface area contributed by atoms with E-state index in [1.54, 1.807) is 0 Å². The van der Waals surface area contributed by atoms with E-state index in [4.69, 9.17) is 4.74 Å². The Morgan fingerprint density at radius 1 is 1.42 bits per heavy atom. The summed E-state index contributed by atoms with van der Waals surface area (Å²) in [4.78, 5) is 15.0. The van der Waals surface area contributed by atoms with Gasteiger partial charge in [-0.2, -0.15) is 0 Å². The Morgan fingerprint density at radius 3 is 2.68 bits per heavy atom. The van der Waals surface area contributed by atoms with Crippen molar-refractivity contribution in [2.75, 3.05) is 20.2 Å². The monoisotopic (exact) mass is 259 g/mol. The first-order valence-electron chi connectivity index (χ1n) is 7.11. The van der Waals surface area contributed by atoms with Gasteiger partial charge in [0.1, 0.15) is 0 Å². The first-order chi connectivity index (χ1) is 9.18. The smallest absolute Gasteiger partial charge is 0.316 e. The maximum Gasteiger partial charge on any atom is 0.316 e. The van der Waals surface area contributed by atoms with Crippen LogP contribution in [0.2, 0.25) is 0 Å². The lowest BCUT2D eigenvalue weighted by atomic mass is 9.71. The SMILES string of the molecule is CCOC(=O)[C@]1(c2ccccc2)C[C@@H]2C[C@H]1CN2C. The Kier molecular flexibility index (Phi) is 3.09. The van der Waals surface area contributed by atoms with Gasteiger partial charge in [-0.05, 0) is 38.3 Å². The van der Waals surface area contributed by atoms with E-state index in [-0.39, 0.29) is 5.97 Å². The van der Waals surface area contributed by atoms with Crippen molar-refractivity contribution < 1.29 is 9.53 Å². The van der Waals surface area contributed by atoms with Gasteiger partial charge in [-0.25, -0.2) is 0 Å². The summed E-state index contributed by atoms with van der Waals surface area (Å²) >= 11 is 0. The zero-order chi connectivity index (χ0) is 13.5. The highest BCUT2D eigenvalue weighted by Crippen LogP contribution is 2.52. The summed E-state index contributed by atoms with van der Waals surface area (Å²) in [5.41, 5.74) is 0.725. The molecule has 0 unspecified atom stereocenters. The van der Waals surface area contributed by atoms with Gasteiger partial charge in [0.05, 0.1) is 12.0 Å². The predicted molar refractivity (Wildman–Crippen MR) is 73.9 cm³/mol. The van der Waals surface area contributed by atoms with Gasteiger partial charge < -0.3 is 9.64 Å². The molecular formula is C16H21NO2. The highest BCUT2D eigenvalue weighted by molar-refractivity contribution is 5.84. The average molecular weight is 259 g/mol. The van der Waals surface area contributed by atoms with E-state index in [9.17, 15) is 4.79 Å². The number of hydrogen-bond acceptors (Lipinski definition) is 3. The summed E-state index contributed by atoms with van der Waals surface area (Å²) in [6.45, 7) is 3.34. The molecule has 2 fully saturated rings. The highest BCUT2D eigenvalue weighted by Gasteiger charge is 2.59. The molecule has 3 nitrogen and oxygen atoms in total. The molecule has 0 amide bonds. The second kappa shape index (κ2) is 4.64. The fourth-order valence-corrected chi connectivity index (χ4v) is 3.93. The topological polar surface area (TPSA) is 29.5 Å². The van der Waals surface area contributed by atoms with Crippen LogP contribution in [-0.4, -0.2) is 37.1 Å². The molecule has 3 atom stereocenters. The Bertz CT molecular complexity index is 471. The summed E-state index contributed by atoms with van der Waals surface area (Å²) in [6.07, 6.45) is 2.02. The van der Waals surface area contributed by atoms with Gasteiger partial charge >= 0.3 is 5.97 Å². The van der Waals surface area contributed by atoms with E-state index < -0.39 is 5.41 Å². The molecule has 0 aromatic heterocycles. The molecule has 1 saturated heterocycles. The summed E-state index contributed by atoms with van der Waals surface area (Å²) in [6, 6.07) is 10.7. The van der Waals surface area contributed by atoms with Crippen LogP contribution in [-0.2, 0) is 14.9 Å². The van der Waals surface area contributed by atoms with Gasteiger partial charge in [0.2, 0.25) is 0 Å². The van der Waals surface area contributed by atoms with Crippen LogP contribution in [0.5, 0.6) is 0 Å². The first-order valence-corrected chi connectivity index (χ1v) is 7.11. The van der Waals surface area contributed by atoms with Crippen molar-refractivity contribution >= 4 is 5.97 Å². The molecule has 1 heterocycles. The Morgan fingerprint density at radius 2 is 2.16 bits per heavy atom. The molecule has 0 radical (unpaired) electrons. The molecule has 1 aromatic rings. The van der Waals surface area contributed by atoms with E-state index in [0.717, 1.165) is 24.9 Å². The second-order valence-corrected chi connectivity index (χ2v) is 5.79. The number of rotatable bonds is 3.